The van der Waals surface area contributed by atoms with Crippen LogP contribution in [0.5, 0.6) is 0 Å². The molecule has 0 aliphatic heterocycles. The molecule has 0 unspecified atom stereocenters. The molecule has 0 aromatic carbocycles. The maximum Gasteiger partial charge on any atom is 0.263 e. The highest BCUT2D eigenvalue weighted by molar-refractivity contribution is 6.03. The summed E-state index contributed by atoms with van der Waals surface area (Å²) in [6.07, 6.45) is 8.19. The van der Waals surface area contributed by atoms with Crippen molar-refractivity contribution in [2.45, 2.75) is 0 Å². The van der Waals surface area contributed by atoms with E-state index in [9.17, 15) is 9.59 Å². The van der Waals surface area contributed by atoms with Crippen molar-refractivity contribution in [3.63, 3.8) is 0 Å². The predicted octanol–water partition coefficient (Wildman–Crippen LogP) is 1.22. The van der Waals surface area contributed by atoms with Crippen molar-refractivity contribution < 1.29 is 4.79 Å². The molecule has 1 amide bonds. The second-order valence-electron chi connectivity index (χ2n) is 4.67. The quantitative estimate of drug-likeness (QED) is 0.787. The summed E-state index contributed by atoms with van der Waals surface area (Å²) in [6, 6.07) is 6.61. The lowest BCUT2D eigenvalue weighted by Crippen LogP contribution is -2.27. The van der Waals surface area contributed by atoms with E-state index in [4.69, 9.17) is 0 Å². The summed E-state index contributed by atoms with van der Waals surface area (Å²) < 4.78 is 3.11. The molecule has 0 atom stereocenters. The number of aryl methyl sites for hydroxylation is 1. The fourth-order valence-corrected chi connectivity index (χ4v) is 1.98. The highest BCUT2D eigenvalue weighted by Gasteiger charge is 2.11. The number of hydrogen-bond acceptors (Lipinski definition) is 4. The van der Waals surface area contributed by atoms with Gasteiger partial charge in [-0.1, -0.05) is 0 Å². The van der Waals surface area contributed by atoms with Crippen LogP contribution in [-0.4, -0.2) is 25.0 Å². The van der Waals surface area contributed by atoms with E-state index in [-0.39, 0.29) is 11.1 Å². The Morgan fingerprint density at radius 3 is 2.77 bits per heavy atom. The van der Waals surface area contributed by atoms with Crippen LogP contribution in [0.25, 0.3) is 5.82 Å². The molecule has 3 aromatic heterocycles. The first-order valence-corrected chi connectivity index (χ1v) is 6.56. The van der Waals surface area contributed by atoms with Crippen molar-refractivity contribution in [2.24, 2.45) is 7.05 Å². The highest BCUT2D eigenvalue weighted by Crippen LogP contribution is 2.10. The molecule has 3 aromatic rings. The molecular formula is C15H13N5O2. The third-order valence-corrected chi connectivity index (χ3v) is 3.14. The number of pyridine rings is 2. The average molecular weight is 295 g/mol. The summed E-state index contributed by atoms with van der Waals surface area (Å²) in [4.78, 5) is 32.2. The third-order valence-electron chi connectivity index (χ3n) is 3.14. The zero-order valence-electron chi connectivity index (χ0n) is 11.8. The summed E-state index contributed by atoms with van der Waals surface area (Å²) in [5.41, 5.74) is 0.256. The molecule has 7 nitrogen and oxygen atoms in total. The van der Waals surface area contributed by atoms with E-state index in [2.05, 4.69) is 15.3 Å². The minimum Gasteiger partial charge on any atom is -0.320 e. The van der Waals surface area contributed by atoms with Gasteiger partial charge in [-0.2, -0.15) is 0 Å². The molecule has 0 fully saturated rings. The first-order valence-electron chi connectivity index (χ1n) is 6.56. The molecule has 0 aliphatic carbocycles. The summed E-state index contributed by atoms with van der Waals surface area (Å²) in [5.74, 6) is 0.226. The lowest BCUT2D eigenvalue weighted by molar-refractivity contribution is 0.102. The van der Waals surface area contributed by atoms with Gasteiger partial charge in [0.2, 0.25) is 0 Å². The molecule has 0 radical (unpaired) electrons. The van der Waals surface area contributed by atoms with Crippen molar-refractivity contribution in [3.8, 4) is 5.82 Å². The maximum atomic E-state index is 12.1. The normalized spacial score (nSPS) is 10.4. The average Bonchev–Trinajstić information content (AvgIpc) is 3.05. The highest BCUT2D eigenvalue weighted by atomic mass is 16.2. The Hall–Kier alpha value is -3.22. The van der Waals surface area contributed by atoms with Crippen LogP contribution in [0.2, 0.25) is 0 Å². The molecule has 3 rings (SSSR count). The van der Waals surface area contributed by atoms with E-state index in [0.717, 1.165) is 0 Å². The summed E-state index contributed by atoms with van der Waals surface area (Å²) in [7, 11) is 1.60. The molecule has 0 spiro atoms. The van der Waals surface area contributed by atoms with E-state index >= 15 is 0 Å². The van der Waals surface area contributed by atoms with Crippen LogP contribution in [0.1, 0.15) is 10.4 Å². The number of nitrogens with zero attached hydrogens (tertiary/aromatic N) is 4. The van der Waals surface area contributed by atoms with Gasteiger partial charge in [-0.05, 0) is 24.3 Å². The maximum absolute atomic E-state index is 12.1. The minimum atomic E-state index is -0.460. The Kier molecular flexibility index (Phi) is 3.53. The summed E-state index contributed by atoms with van der Waals surface area (Å²) in [5, 5.41) is 2.66. The standard InChI is InChI=1S/C15H13N5O2/c1-19-7-2-3-12(15(19)22)14(21)18-11-4-5-13(17-9-11)20-8-6-16-10-20/h2-10H,1H3,(H,18,21). The fraction of sp³-hybridized carbons (Fsp3) is 0.0667. The molecular weight excluding hydrogens is 282 g/mol. The van der Waals surface area contributed by atoms with Gasteiger partial charge in [0, 0.05) is 25.6 Å². The van der Waals surface area contributed by atoms with Crippen molar-refractivity contribution in [1.29, 1.82) is 0 Å². The van der Waals surface area contributed by atoms with Crippen molar-refractivity contribution in [3.05, 3.63) is 71.3 Å². The van der Waals surface area contributed by atoms with E-state index in [1.165, 1.54) is 16.8 Å². The van der Waals surface area contributed by atoms with Crippen molar-refractivity contribution >= 4 is 11.6 Å². The Morgan fingerprint density at radius 1 is 1.23 bits per heavy atom. The predicted molar refractivity (Wildman–Crippen MR) is 81.0 cm³/mol. The molecule has 22 heavy (non-hydrogen) atoms. The fourth-order valence-electron chi connectivity index (χ4n) is 1.98. The number of carbonyl (C=O) groups is 1. The SMILES string of the molecule is Cn1cccc(C(=O)Nc2ccc(-n3ccnc3)nc2)c1=O. The van der Waals surface area contributed by atoms with Crippen LogP contribution in [0.4, 0.5) is 5.69 Å². The largest absolute Gasteiger partial charge is 0.320 e. The molecule has 1 N–H and O–H groups in total. The van der Waals surface area contributed by atoms with Crippen LogP contribution >= 0.6 is 0 Å². The number of hydrogen-bond donors (Lipinski definition) is 1. The van der Waals surface area contributed by atoms with Crippen LogP contribution in [0, 0.1) is 0 Å². The van der Waals surface area contributed by atoms with E-state index in [1.54, 1.807) is 54.7 Å². The second-order valence-corrected chi connectivity index (χ2v) is 4.67. The monoisotopic (exact) mass is 295 g/mol. The van der Waals surface area contributed by atoms with Crippen LogP contribution in [0.15, 0.2) is 60.2 Å². The Labute approximate surface area is 125 Å². The van der Waals surface area contributed by atoms with Gasteiger partial charge in [0.1, 0.15) is 17.7 Å². The van der Waals surface area contributed by atoms with Gasteiger partial charge in [0.25, 0.3) is 11.5 Å². The topological polar surface area (TPSA) is 81.8 Å². The van der Waals surface area contributed by atoms with Crippen molar-refractivity contribution in [1.82, 2.24) is 19.1 Å². The molecule has 3 heterocycles. The molecule has 0 saturated heterocycles. The Morgan fingerprint density at radius 2 is 2.09 bits per heavy atom. The molecule has 0 saturated carbocycles. The lowest BCUT2D eigenvalue weighted by atomic mass is 10.2. The van der Waals surface area contributed by atoms with Gasteiger partial charge in [-0.3, -0.25) is 14.2 Å². The minimum absolute atomic E-state index is 0.0867. The molecule has 7 heteroatoms. The van der Waals surface area contributed by atoms with Gasteiger partial charge in [-0.15, -0.1) is 0 Å². The zero-order valence-corrected chi connectivity index (χ0v) is 11.8. The van der Waals surface area contributed by atoms with Gasteiger partial charge < -0.3 is 9.88 Å². The van der Waals surface area contributed by atoms with Crippen molar-refractivity contribution in [2.75, 3.05) is 5.32 Å². The summed E-state index contributed by atoms with van der Waals surface area (Å²) in [6.45, 7) is 0. The number of anilines is 1. The van der Waals surface area contributed by atoms with Crippen LogP contribution in [0.3, 0.4) is 0 Å². The van der Waals surface area contributed by atoms with Crippen LogP contribution in [-0.2, 0) is 7.05 Å². The molecule has 110 valence electrons. The van der Waals surface area contributed by atoms with Gasteiger partial charge in [0.15, 0.2) is 0 Å². The lowest BCUT2D eigenvalue weighted by Gasteiger charge is -2.07. The number of nitrogens with one attached hydrogen (secondary N) is 1. The third kappa shape index (κ3) is 2.64. The number of carbonyl (C=O) groups excluding carboxylic acids is 1. The second kappa shape index (κ2) is 5.65. The molecule has 0 aliphatic rings. The molecule has 0 bridgehead atoms. The number of imidazole rings is 1. The van der Waals surface area contributed by atoms with E-state index in [1.807, 2.05) is 0 Å². The van der Waals surface area contributed by atoms with Gasteiger partial charge in [-0.25, -0.2) is 9.97 Å². The first kappa shape index (κ1) is 13.7. The Bertz CT molecular complexity index is 850. The Balaban J connectivity index is 1.80. The summed E-state index contributed by atoms with van der Waals surface area (Å²) >= 11 is 0. The van der Waals surface area contributed by atoms with Gasteiger partial charge >= 0.3 is 0 Å². The number of rotatable bonds is 3. The first-order chi connectivity index (χ1) is 10.6. The van der Waals surface area contributed by atoms with Gasteiger partial charge in [0.05, 0.1) is 11.9 Å². The van der Waals surface area contributed by atoms with E-state index < -0.39 is 5.91 Å². The van der Waals surface area contributed by atoms with E-state index in [0.29, 0.717) is 11.5 Å². The van der Waals surface area contributed by atoms with Crippen LogP contribution < -0.4 is 10.9 Å². The zero-order chi connectivity index (χ0) is 15.5. The number of aromatic nitrogens is 4. The smallest absolute Gasteiger partial charge is 0.263 e. The number of amides is 1.